The van der Waals surface area contributed by atoms with Crippen LogP contribution in [0.4, 0.5) is 0 Å². The molecule has 0 saturated carbocycles. The van der Waals surface area contributed by atoms with Gasteiger partial charge in [0.2, 0.25) is 0 Å². The van der Waals surface area contributed by atoms with E-state index in [1.54, 1.807) is 0 Å². The van der Waals surface area contributed by atoms with Gasteiger partial charge in [0, 0.05) is 0 Å². The van der Waals surface area contributed by atoms with Gasteiger partial charge in [-0.25, -0.2) is 5.43 Å². The SMILES string of the molecule is C/C(=N\NC(=O)COc1ccccc1C)c1ccc(C(C)(C)C)cc1. The van der Waals surface area contributed by atoms with Crippen LogP contribution in [0.25, 0.3) is 0 Å². The van der Waals surface area contributed by atoms with Crippen LogP contribution in [0.1, 0.15) is 44.4 Å². The van der Waals surface area contributed by atoms with Crippen molar-refractivity contribution in [3.8, 4) is 5.75 Å². The Bertz CT molecular complexity index is 756. The van der Waals surface area contributed by atoms with Gasteiger partial charge >= 0.3 is 0 Å². The Morgan fingerprint density at radius 3 is 2.32 bits per heavy atom. The van der Waals surface area contributed by atoms with Crippen LogP contribution in [0.3, 0.4) is 0 Å². The number of benzene rings is 2. The molecule has 0 radical (unpaired) electrons. The second kappa shape index (κ2) is 7.97. The van der Waals surface area contributed by atoms with Crippen molar-refractivity contribution < 1.29 is 9.53 Å². The fourth-order valence-corrected chi connectivity index (χ4v) is 2.32. The molecule has 4 heteroatoms. The van der Waals surface area contributed by atoms with Crippen LogP contribution in [0.5, 0.6) is 5.75 Å². The van der Waals surface area contributed by atoms with E-state index in [0.717, 1.165) is 16.8 Å². The molecule has 0 atom stereocenters. The van der Waals surface area contributed by atoms with Crippen LogP contribution in [0.2, 0.25) is 0 Å². The number of aryl methyl sites for hydroxylation is 1. The van der Waals surface area contributed by atoms with Crippen molar-refractivity contribution in [1.82, 2.24) is 5.43 Å². The Labute approximate surface area is 149 Å². The molecule has 2 aromatic rings. The minimum atomic E-state index is -0.283. The van der Waals surface area contributed by atoms with Crippen molar-refractivity contribution >= 4 is 11.6 Å². The molecule has 0 fully saturated rings. The normalized spacial score (nSPS) is 12.0. The highest BCUT2D eigenvalue weighted by molar-refractivity contribution is 5.99. The van der Waals surface area contributed by atoms with Crippen LogP contribution < -0.4 is 10.2 Å². The van der Waals surface area contributed by atoms with Crippen LogP contribution in [-0.4, -0.2) is 18.2 Å². The van der Waals surface area contributed by atoms with Gasteiger partial charge in [-0.15, -0.1) is 0 Å². The molecule has 0 aliphatic carbocycles. The molecule has 25 heavy (non-hydrogen) atoms. The summed E-state index contributed by atoms with van der Waals surface area (Å²) < 4.78 is 5.51. The second-order valence-electron chi connectivity index (χ2n) is 7.11. The number of nitrogens with one attached hydrogen (secondary N) is 1. The average molecular weight is 338 g/mol. The smallest absolute Gasteiger partial charge is 0.277 e. The molecule has 2 aromatic carbocycles. The van der Waals surface area contributed by atoms with Crippen molar-refractivity contribution in [3.05, 3.63) is 65.2 Å². The number of rotatable bonds is 5. The molecule has 0 aliphatic rings. The Morgan fingerprint density at radius 1 is 1.08 bits per heavy atom. The third-order valence-electron chi connectivity index (χ3n) is 3.97. The van der Waals surface area contributed by atoms with Gasteiger partial charge in [-0.2, -0.15) is 5.10 Å². The van der Waals surface area contributed by atoms with Gasteiger partial charge in [-0.3, -0.25) is 4.79 Å². The Kier molecular flexibility index (Phi) is 5.97. The molecule has 0 unspecified atom stereocenters. The molecule has 2 rings (SSSR count). The zero-order valence-electron chi connectivity index (χ0n) is 15.6. The molecular formula is C21H26N2O2. The zero-order chi connectivity index (χ0) is 18.4. The van der Waals surface area contributed by atoms with Gasteiger partial charge in [0.05, 0.1) is 5.71 Å². The summed E-state index contributed by atoms with van der Waals surface area (Å²) in [7, 11) is 0. The van der Waals surface area contributed by atoms with Gasteiger partial charge in [0.25, 0.3) is 5.91 Å². The number of carbonyl (C=O) groups excluding carboxylic acids is 1. The molecular weight excluding hydrogens is 312 g/mol. The number of ether oxygens (including phenoxy) is 1. The summed E-state index contributed by atoms with van der Waals surface area (Å²) in [5, 5.41) is 4.16. The van der Waals surface area contributed by atoms with E-state index in [0.29, 0.717) is 5.75 Å². The highest BCUT2D eigenvalue weighted by Crippen LogP contribution is 2.22. The first-order valence-corrected chi connectivity index (χ1v) is 8.40. The van der Waals surface area contributed by atoms with Gasteiger partial charge in [0.15, 0.2) is 6.61 Å². The van der Waals surface area contributed by atoms with E-state index in [4.69, 9.17) is 4.74 Å². The molecule has 0 spiro atoms. The van der Waals surface area contributed by atoms with Crippen LogP contribution in [-0.2, 0) is 10.2 Å². The van der Waals surface area contributed by atoms with E-state index in [2.05, 4.69) is 43.4 Å². The van der Waals surface area contributed by atoms with Gasteiger partial charge in [0.1, 0.15) is 5.75 Å². The number of hydrogen-bond acceptors (Lipinski definition) is 3. The second-order valence-corrected chi connectivity index (χ2v) is 7.11. The van der Waals surface area contributed by atoms with E-state index >= 15 is 0 Å². The average Bonchev–Trinajstić information content (AvgIpc) is 2.58. The fraction of sp³-hybridized carbons (Fsp3) is 0.333. The maximum Gasteiger partial charge on any atom is 0.277 e. The molecule has 0 bridgehead atoms. The van der Waals surface area contributed by atoms with E-state index < -0.39 is 0 Å². The minimum absolute atomic E-state index is 0.0649. The molecule has 0 heterocycles. The third kappa shape index (κ3) is 5.45. The quantitative estimate of drug-likeness (QED) is 0.656. The summed E-state index contributed by atoms with van der Waals surface area (Å²) in [5.41, 5.74) is 6.65. The monoisotopic (exact) mass is 338 g/mol. The summed E-state index contributed by atoms with van der Waals surface area (Å²) in [6, 6.07) is 15.8. The van der Waals surface area contributed by atoms with Crippen molar-refractivity contribution in [2.75, 3.05) is 6.61 Å². The van der Waals surface area contributed by atoms with Crippen LogP contribution in [0.15, 0.2) is 53.6 Å². The summed E-state index contributed by atoms with van der Waals surface area (Å²) in [5.74, 6) is 0.421. The Morgan fingerprint density at radius 2 is 1.72 bits per heavy atom. The van der Waals surface area contributed by atoms with Crippen molar-refractivity contribution in [3.63, 3.8) is 0 Å². The maximum absolute atomic E-state index is 11.9. The van der Waals surface area contributed by atoms with Crippen molar-refractivity contribution in [2.24, 2.45) is 5.10 Å². The number of hydrogen-bond donors (Lipinski definition) is 1. The number of carbonyl (C=O) groups is 1. The number of para-hydroxylation sites is 1. The molecule has 0 aromatic heterocycles. The van der Waals surface area contributed by atoms with E-state index in [9.17, 15) is 4.79 Å². The van der Waals surface area contributed by atoms with Crippen LogP contribution in [0, 0.1) is 6.92 Å². The molecule has 1 amide bonds. The summed E-state index contributed by atoms with van der Waals surface area (Å²) >= 11 is 0. The minimum Gasteiger partial charge on any atom is -0.483 e. The van der Waals surface area contributed by atoms with Gasteiger partial charge < -0.3 is 4.74 Å². The highest BCUT2D eigenvalue weighted by Gasteiger charge is 2.13. The first-order chi connectivity index (χ1) is 11.8. The Balaban J connectivity index is 1.92. The zero-order valence-corrected chi connectivity index (χ0v) is 15.6. The third-order valence-corrected chi connectivity index (χ3v) is 3.97. The topological polar surface area (TPSA) is 50.7 Å². The lowest BCUT2D eigenvalue weighted by Gasteiger charge is -2.19. The predicted molar refractivity (Wildman–Crippen MR) is 102 cm³/mol. The van der Waals surface area contributed by atoms with E-state index in [1.807, 2.05) is 50.2 Å². The highest BCUT2D eigenvalue weighted by atomic mass is 16.5. The molecule has 0 saturated heterocycles. The van der Waals surface area contributed by atoms with Crippen molar-refractivity contribution in [1.29, 1.82) is 0 Å². The Hall–Kier alpha value is -2.62. The lowest BCUT2D eigenvalue weighted by atomic mass is 9.86. The van der Waals surface area contributed by atoms with Crippen LogP contribution >= 0.6 is 0 Å². The molecule has 132 valence electrons. The van der Waals surface area contributed by atoms with Gasteiger partial charge in [-0.1, -0.05) is 63.2 Å². The fourth-order valence-electron chi connectivity index (χ4n) is 2.32. The van der Waals surface area contributed by atoms with Gasteiger partial charge in [-0.05, 0) is 42.0 Å². The number of amides is 1. The molecule has 4 nitrogen and oxygen atoms in total. The van der Waals surface area contributed by atoms with E-state index in [-0.39, 0.29) is 17.9 Å². The van der Waals surface area contributed by atoms with Crippen molar-refractivity contribution in [2.45, 2.75) is 40.0 Å². The number of hydrazone groups is 1. The summed E-state index contributed by atoms with van der Waals surface area (Å²) in [4.78, 5) is 11.9. The number of nitrogens with zero attached hydrogens (tertiary/aromatic N) is 1. The summed E-state index contributed by atoms with van der Waals surface area (Å²) in [6.07, 6.45) is 0. The largest absolute Gasteiger partial charge is 0.483 e. The molecule has 1 N–H and O–H groups in total. The maximum atomic E-state index is 11.9. The first kappa shape index (κ1) is 18.7. The van der Waals surface area contributed by atoms with E-state index in [1.165, 1.54) is 5.56 Å². The lowest BCUT2D eigenvalue weighted by molar-refractivity contribution is -0.123. The first-order valence-electron chi connectivity index (χ1n) is 8.40. The summed E-state index contributed by atoms with van der Waals surface area (Å²) in [6.45, 7) is 10.3. The standard InChI is InChI=1S/C21H26N2O2/c1-15-8-6-7-9-19(15)25-14-20(24)23-22-16(2)17-10-12-18(13-11-17)21(3,4)5/h6-13H,14H2,1-5H3,(H,23,24)/b22-16+. The lowest BCUT2D eigenvalue weighted by Crippen LogP contribution is -2.25. The predicted octanol–water partition coefficient (Wildman–Crippen LogP) is 4.21. The molecule has 0 aliphatic heterocycles.